The number of aromatic nitrogens is 1. The first kappa shape index (κ1) is 28.5. The summed E-state index contributed by atoms with van der Waals surface area (Å²) in [4.78, 5) is 33.3. The molecular weight excluding hydrogens is 472 g/mol. The van der Waals surface area contributed by atoms with Crippen molar-refractivity contribution in [3.63, 3.8) is 0 Å². The molecule has 0 aliphatic carbocycles. The molecule has 3 N–H and O–H groups in total. The number of carbonyl (C=O) groups excluding carboxylic acids is 3. The SMILES string of the molecule is CC(=O)[O-].CC(=O)[O-].O=C(N/N=C/c1cc(Cl)cc(Cl)c1[OH2+])c1ccncc1.[Co+2]. The van der Waals surface area contributed by atoms with Gasteiger partial charge in [0.2, 0.25) is 0 Å². The Balaban J connectivity index is 0. The molecule has 0 aliphatic heterocycles. The molecule has 2 rings (SSSR count). The maximum absolute atomic E-state index is 11.7. The third-order valence-corrected chi connectivity index (χ3v) is 2.91. The maximum atomic E-state index is 11.7. The Bertz CT molecular complexity index is 831. The summed E-state index contributed by atoms with van der Waals surface area (Å²) < 4.78 is 0. The summed E-state index contributed by atoms with van der Waals surface area (Å²) in [6.45, 7) is 1.94. The Labute approximate surface area is 186 Å². The zero-order chi connectivity index (χ0) is 21.7. The Kier molecular flexibility index (Phi) is 15.0. The summed E-state index contributed by atoms with van der Waals surface area (Å²) in [7, 11) is 0. The number of hydrazone groups is 1. The van der Waals surface area contributed by atoms with Crippen LogP contribution in [0.4, 0.5) is 0 Å². The predicted octanol–water partition coefficient (Wildman–Crippen LogP) is 0.100. The van der Waals surface area contributed by atoms with E-state index in [0.29, 0.717) is 16.1 Å². The molecule has 0 aliphatic rings. The minimum atomic E-state index is -1.08. The molecule has 0 saturated carbocycles. The summed E-state index contributed by atoms with van der Waals surface area (Å²) in [6, 6.07) is 6.14. The van der Waals surface area contributed by atoms with E-state index >= 15 is 0 Å². The normalized spacial score (nSPS) is 9.10. The molecule has 0 saturated heterocycles. The van der Waals surface area contributed by atoms with Crippen LogP contribution < -0.4 is 15.6 Å². The Hall–Kier alpha value is -2.66. The molecule has 0 atom stereocenters. The number of benzene rings is 1. The minimum Gasteiger partial charge on any atom is -0.592 e. The van der Waals surface area contributed by atoms with Gasteiger partial charge in [-0.1, -0.05) is 23.2 Å². The van der Waals surface area contributed by atoms with Crippen molar-refractivity contribution in [2.45, 2.75) is 13.8 Å². The summed E-state index contributed by atoms with van der Waals surface area (Å²) in [5.41, 5.74) is 3.20. The van der Waals surface area contributed by atoms with Gasteiger partial charge >= 0.3 is 16.8 Å². The third-order valence-electron chi connectivity index (χ3n) is 2.40. The minimum absolute atomic E-state index is 0. The maximum Gasteiger partial charge on any atom is 2.00 e. The number of carboxylic acid groups (broad SMARTS) is 2. The van der Waals surface area contributed by atoms with Crippen LogP contribution in [0.2, 0.25) is 10.0 Å². The molecule has 0 unspecified atom stereocenters. The van der Waals surface area contributed by atoms with Crippen molar-refractivity contribution in [2.24, 2.45) is 5.10 Å². The van der Waals surface area contributed by atoms with E-state index in [1.165, 1.54) is 30.7 Å². The Morgan fingerprint density at radius 3 is 2.07 bits per heavy atom. The van der Waals surface area contributed by atoms with E-state index in [-0.39, 0.29) is 33.5 Å². The van der Waals surface area contributed by atoms with Crippen molar-refractivity contribution in [3.8, 4) is 5.75 Å². The molecule has 0 bridgehead atoms. The average molecular weight is 488 g/mol. The molecule has 1 aromatic heterocycles. The fourth-order valence-corrected chi connectivity index (χ4v) is 1.93. The molecule has 1 radical (unpaired) electrons. The zero-order valence-electron chi connectivity index (χ0n) is 15.1. The first-order chi connectivity index (χ1) is 13.0. The van der Waals surface area contributed by atoms with Crippen molar-refractivity contribution in [2.75, 3.05) is 0 Å². The molecule has 1 aromatic carbocycles. The number of hydrogen-bond donors (Lipinski definition) is 1. The van der Waals surface area contributed by atoms with E-state index in [1.807, 2.05) is 0 Å². The molecule has 9 nitrogen and oxygen atoms in total. The van der Waals surface area contributed by atoms with Crippen LogP contribution >= 0.6 is 23.2 Å². The predicted molar refractivity (Wildman–Crippen MR) is 100 cm³/mol. The van der Waals surface area contributed by atoms with Gasteiger partial charge in [0.1, 0.15) is 5.02 Å². The van der Waals surface area contributed by atoms with Crippen molar-refractivity contribution < 1.29 is 46.5 Å². The number of rotatable bonds is 3. The number of pyridine rings is 1. The number of nitrogens with one attached hydrogen (secondary N) is 1. The van der Waals surface area contributed by atoms with Gasteiger partial charge in [-0.3, -0.25) is 9.78 Å². The molecule has 0 spiro atoms. The van der Waals surface area contributed by atoms with E-state index in [2.05, 4.69) is 15.5 Å². The van der Waals surface area contributed by atoms with E-state index in [0.717, 1.165) is 13.8 Å². The largest absolute Gasteiger partial charge is 2.00 e. The molecule has 29 heavy (non-hydrogen) atoms. The fraction of sp³-hybridized carbons (Fsp3) is 0.118. The van der Waals surface area contributed by atoms with E-state index in [4.69, 9.17) is 48.1 Å². The molecule has 2 aromatic rings. The Morgan fingerprint density at radius 1 is 1.10 bits per heavy atom. The molecule has 1 amide bonds. The first-order valence-corrected chi connectivity index (χ1v) is 8.09. The van der Waals surface area contributed by atoms with Crippen LogP contribution in [-0.4, -0.2) is 34.2 Å². The smallest absolute Gasteiger partial charge is 0.592 e. The van der Waals surface area contributed by atoms with Gasteiger partial charge in [0.25, 0.3) is 11.7 Å². The molecule has 157 valence electrons. The quantitative estimate of drug-likeness (QED) is 0.367. The number of amides is 1. The molecule has 0 fully saturated rings. The van der Waals surface area contributed by atoms with Gasteiger partial charge in [-0.05, 0) is 38.1 Å². The van der Waals surface area contributed by atoms with Gasteiger partial charge in [0, 0.05) is 34.9 Å². The van der Waals surface area contributed by atoms with Gasteiger partial charge in [-0.25, -0.2) is 5.43 Å². The van der Waals surface area contributed by atoms with E-state index < -0.39 is 11.9 Å². The van der Waals surface area contributed by atoms with Gasteiger partial charge < -0.3 is 24.9 Å². The molecule has 1 heterocycles. The van der Waals surface area contributed by atoms with Crippen LogP contribution in [0.25, 0.3) is 0 Å². The molecule has 12 heteroatoms. The van der Waals surface area contributed by atoms with Crippen LogP contribution in [0.3, 0.4) is 0 Å². The standard InChI is InChI=1S/C13H9Cl2N3O2.2C2H4O2.Co/c14-10-5-9(12(19)11(15)6-10)7-17-18-13(20)8-1-3-16-4-2-8;2*1-2(3)4;/h1-7,19H,(H,18,20);2*1H3,(H,3,4);/q;;;+2/p-1/b17-7+;;;. The first-order valence-electron chi connectivity index (χ1n) is 7.33. The number of hydrogen-bond acceptors (Lipinski definition) is 7. The van der Waals surface area contributed by atoms with Crippen molar-refractivity contribution in [1.29, 1.82) is 0 Å². The van der Waals surface area contributed by atoms with Gasteiger partial charge in [0.15, 0.2) is 0 Å². The summed E-state index contributed by atoms with van der Waals surface area (Å²) in [5.74, 6) is -2.44. The van der Waals surface area contributed by atoms with Gasteiger partial charge in [-0.2, -0.15) is 5.10 Å². The number of nitrogens with zero attached hydrogens (tertiary/aromatic N) is 2. The second-order valence-electron chi connectivity index (χ2n) is 4.77. The van der Waals surface area contributed by atoms with Crippen LogP contribution in [0.5, 0.6) is 5.75 Å². The second kappa shape index (κ2) is 15.3. The van der Waals surface area contributed by atoms with Crippen LogP contribution in [0, 0.1) is 0 Å². The topological polar surface area (TPSA) is 158 Å². The van der Waals surface area contributed by atoms with Crippen molar-refractivity contribution in [1.82, 2.24) is 10.4 Å². The van der Waals surface area contributed by atoms with Gasteiger partial charge in [-0.15, -0.1) is 0 Å². The summed E-state index contributed by atoms with van der Waals surface area (Å²) >= 11 is 11.7. The monoisotopic (exact) mass is 487 g/mol. The second-order valence-corrected chi connectivity index (χ2v) is 5.61. The number of carbonyl (C=O) groups is 3. The summed E-state index contributed by atoms with van der Waals surface area (Å²) in [5, 5.41) is 29.9. The van der Waals surface area contributed by atoms with Crippen LogP contribution in [0.15, 0.2) is 41.8 Å². The van der Waals surface area contributed by atoms with E-state index in [1.54, 1.807) is 12.1 Å². The van der Waals surface area contributed by atoms with Crippen molar-refractivity contribution >= 4 is 47.3 Å². The number of carboxylic acids is 2. The van der Waals surface area contributed by atoms with E-state index in [9.17, 15) is 4.79 Å². The van der Waals surface area contributed by atoms with Crippen LogP contribution in [0.1, 0.15) is 29.8 Å². The van der Waals surface area contributed by atoms with Crippen molar-refractivity contribution in [3.05, 3.63) is 57.8 Å². The third kappa shape index (κ3) is 14.1. The fourth-order valence-electron chi connectivity index (χ4n) is 1.42. The van der Waals surface area contributed by atoms with Gasteiger partial charge in [0.05, 0.1) is 11.8 Å². The van der Waals surface area contributed by atoms with Crippen LogP contribution in [-0.2, 0) is 26.4 Å². The Morgan fingerprint density at radius 2 is 1.59 bits per heavy atom. The number of aliphatic carboxylic acids is 2. The summed E-state index contributed by atoms with van der Waals surface area (Å²) in [6.07, 6.45) is 4.34. The zero-order valence-corrected chi connectivity index (χ0v) is 17.6. The number of halogens is 2. The molecular formula is C17H16Cl2CoN3O6+. The average Bonchev–Trinajstić information content (AvgIpc) is 2.58.